The van der Waals surface area contributed by atoms with Crippen LogP contribution in [0.2, 0.25) is 0 Å². The standard InChI is InChI=1S/C13H19N3O3/c1-3-10-6-12(15-9(2)14-10)16-4-5-19-11(8-16)7-13(17)18/h6,11H,3-5,7-8H2,1-2H3,(H,17,18). The van der Waals surface area contributed by atoms with Crippen LogP contribution < -0.4 is 4.90 Å². The minimum atomic E-state index is -0.833. The van der Waals surface area contributed by atoms with Crippen molar-refractivity contribution >= 4 is 11.8 Å². The molecule has 1 aliphatic heterocycles. The summed E-state index contributed by atoms with van der Waals surface area (Å²) in [6, 6.07) is 1.97. The van der Waals surface area contributed by atoms with Crippen molar-refractivity contribution < 1.29 is 14.6 Å². The first kappa shape index (κ1) is 13.7. The molecule has 104 valence electrons. The van der Waals surface area contributed by atoms with E-state index in [1.165, 1.54) is 0 Å². The van der Waals surface area contributed by atoms with Gasteiger partial charge in [-0.3, -0.25) is 4.79 Å². The first-order chi connectivity index (χ1) is 9.08. The minimum Gasteiger partial charge on any atom is -0.481 e. The number of nitrogens with zero attached hydrogens (tertiary/aromatic N) is 3. The number of morpholine rings is 1. The number of carboxylic acid groups (broad SMARTS) is 1. The molecule has 2 heterocycles. The quantitative estimate of drug-likeness (QED) is 0.876. The number of aryl methyl sites for hydroxylation is 2. The Bertz CT molecular complexity index is 464. The molecule has 0 bridgehead atoms. The fourth-order valence-electron chi connectivity index (χ4n) is 2.20. The third kappa shape index (κ3) is 3.64. The molecule has 6 nitrogen and oxygen atoms in total. The summed E-state index contributed by atoms with van der Waals surface area (Å²) >= 11 is 0. The highest BCUT2D eigenvalue weighted by Crippen LogP contribution is 2.18. The van der Waals surface area contributed by atoms with Gasteiger partial charge in [0.15, 0.2) is 0 Å². The Balaban J connectivity index is 2.12. The minimum absolute atomic E-state index is 0.0290. The number of aliphatic carboxylic acids is 1. The van der Waals surface area contributed by atoms with Gasteiger partial charge in [-0.15, -0.1) is 0 Å². The topological polar surface area (TPSA) is 75.5 Å². The van der Waals surface area contributed by atoms with E-state index in [0.29, 0.717) is 13.2 Å². The molecular formula is C13H19N3O3. The van der Waals surface area contributed by atoms with Crippen LogP contribution in [0.1, 0.15) is 24.9 Å². The third-order valence-electron chi connectivity index (χ3n) is 3.10. The maximum absolute atomic E-state index is 10.7. The van der Waals surface area contributed by atoms with Crippen molar-refractivity contribution in [1.29, 1.82) is 0 Å². The third-order valence-corrected chi connectivity index (χ3v) is 3.10. The molecule has 0 aliphatic carbocycles. The Morgan fingerprint density at radius 2 is 2.37 bits per heavy atom. The second kappa shape index (κ2) is 5.97. The van der Waals surface area contributed by atoms with Crippen molar-refractivity contribution in [2.75, 3.05) is 24.6 Å². The van der Waals surface area contributed by atoms with Gasteiger partial charge in [0.2, 0.25) is 0 Å². The molecule has 0 amide bonds. The summed E-state index contributed by atoms with van der Waals surface area (Å²) < 4.78 is 5.46. The lowest BCUT2D eigenvalue weighted by molar-refractivity contribution is -0.140. The molecule has 0 saturated carbocycles. The molecule has 2 rings (SSSR count). The maximum Gasteiger partial charge on any atom is 0.306 e. The van der Waals surface area contributed by atoms with Crippen molar-refractivity contribution in [2.24, 2.45) is 0 Å². The molecule has 1 atom stereocenters. The normalized spacial score (nSPS) is 19.5. The molecule has 0 radical (unpaired) electrons. The van der Waals surface area contributed by atoms with E-state index in [9.17, 15) is 4.79 Å². The van der Waals surface area contributed by atoms with Gasteiger partial charge < -0.3 is 14.7 Å². The molecule has 1 aromatic rings. The number of rotatable bonds is 4. The second-order valence-corrected chi connectivity index (χ2v) is 4.65. The molecule has 1 aliphatic rings. The lowest BCUT2D eigenvalue weighted by Crippen LogP contribution is -2.43. The first-order valence-electron chi connectivity index (χ1n) is 6.51. The van der Waals surface area contributed by atoms with Crippen LogP contribution in [-0.4, -0.2) is 46.8 Å². The van der Waals surface area contributed by atoms with Crippen LogP contribution in [0.5, 0.6) is 0 Å². The zero-order valence-electron chi connectivity index (χ0n) is 11.3. The lowest BCUT2D eigenvalue weighted by Gasteiger charge is -2.33. The highest BCUT2D eigenvalue weighted by Gasteiger charge is 2.24. The van der Waals surface area contributed by atoms with Gasteiger partial charge >= 0.3 is 5.97 Å². The van der Waals surface area contributed by atoms with Gasteiger partial charge in [-0.05, 0) is 13.3 Å². The van der Waals surface area contributed by atoms with Crippen molar-refractivity contribution in [3.8, 4) is 0 Å². The van der Waals surface area contributed by atoms with Gasteiger partial charge in [0.25, 0.3) is 0 Å². The summed E-state index contributed by atoms with van der Waals surface area (Å²) in [5, 5.41) is 8.82. The summed E-state index contributed by atoms with van der Waals surface area (Å²) in [4.78, 5) is 21.6. The van der Waals surface area contributed by atoms with E-state index in [-0.39, 0.29) is 12.5 Å². The van der Waals surface area contributed by atoms with Gasteiger partial charge in [-0.2, -0.15) is 0 Å². The Morgan fingerprint density at radius 1 is 1.58 bits per heavy atom. The summed E-state index contributed by atoms with van der Waals surface area (Å²) in [6.45, 7) is 5.75. The van der Waals surface area contributed by atoms with Crippen molar-refractivity contribution in [3.63, 3.8) is 0 Å². The Hall–Kier alpha value is -1.69. The average molecular weight is 265 g/mol. The van der Waals surface area contributed by atoms with E-state index >= 15 is 0 Å². The van der Waals surface area contributed by atoms with E-state index in [1.807, 2.05) is 13.0 Å². The summed E-state index contributed by atoms with van der Waals surface area (Å²) in [6.07, 6.45) is 0.618. The van der Waals surface area contributed by atoms with Gasteiger partial charge in [-0.25, -0.2) is 9.97 Å². The van der Waals surface area contributed by atoms with E-state index in [0.717, 1.165) is 30.3 Å². The number of anilines is 1. The van der Waals surface area contributed by atoms with E-state index in [4.69, 9.17) is 9.84 Å². The van der Waals surface area contributed by atoms with Crippen LogP contribution in [0.4, 0.5) is 5.82 Å². The van der Waals surface area contributed by atoms with E-state index in [2.05, 4.69) is 21.8 Å². The number of hydrogen-bond donors (Lipinski definition) is 1. The molecule has 1 N–H and O–H groups in total. The highest BCUT2D eigenvalue weighted by atomic mass is 16.5. The van der Waals surface area contributed by atoms with Crippen LogP contribution in [0, 0.1) is 6.92 Å². The van der Waals surface area contributed by atoms with Crippen molar-refractivity contribution in [1.82, 2.24) is 9.97 Å². The molecule has 6 heteroatoms. The average Bonchev–Trinajstić information content (AvgIpc) is 2.37. The number of carbonyl (C=O) groups is 1. The molecule has 1 saturated heterocycles. The number of aromatic nitrogens is 2. The first-order valence-corrected chi connectivity index (χ1v) is 6.51. The second-order valence-electron chi connectivity index (χ2n) is 4.65. The Labute approximate surface area is 112 Å². The van der Waals surface area contributed by atoms with Crippen LogP contribution in [0.15, 0.2) is 6.07 Å². The zero-order chi connectivity index (χ0) is 13.8. The van der Waals surface area contributed by atoms with Crippen LogP contribution in [0.3, 0.4) is 0 Å². The number of hydrogen-bond acceptors (Lipinski definition) is 5. The Morgan fingerprint density at radius 3 is 3.05 bits per heavy atom. The van der Waals surface area contributed by atoms with E-state index in [1.54, 1.807) is 0 Å². The van der Waals surface area contributed by atoms with Gasteiger partial charge in [0, 0.05) is 24.8 Å². The molecule has 1 unspecified atom stereocenters. The predicted molar refractivity (Wildman–Crippen MR) is 70.4 cm³/mol. The smallest absolute Gasteiger partial charge is 0.306 e. The monoisotopic (exact) mass is 265 g/mol. The SMILES string of the molecule is CCc1cc(N2CCOC(CC(=O)O)C2)nc(C)n1. The number of ether oxygens (including phenoxy) is 1. The van der Waals surface area contributed by atoms with Crippen LogP contribution in [-0.2, 0) is 16.0 Å². The summed E-state index contributed by atoms with van der Waals surface area (Å²) in [7, 11) is 0. The van der Waals surface area contributed by atoms with Crippen LogP contribution in [0.25, 0.3) is 0 Å². The Kier molecular flexibility index (Phi) is 4.31. The molecule has 0 spiro atoms. The van der Waals surface area contributed by atoms with Gasteiger partial charge in [-0.1, -0.05) is 6.92 Å². The highest BCUT2D eigenvalue weighted by molar-refractivity contribution is 5.67. The maximum atomic E-state index is 10.7. The fraction of sp³-hybridized carbons (Fsp3) is 0.615. The number of carboxylic acids is 1. The fourth-order valence-corrected chi connectivity index (χ4v) is 2.20. The van der Waals surface area contributed by atoms with Crippen molar-refractivity contribution in [3.05, 3.63) is 17.6 Å². The molecule has 1 fully saturated rings. The summed E-state index contributed by atoms with van der Waals surface area (Å²) in [5.74, 6) is 0.777. The summed E-state index contributed by atoms with van der Waals surface area (Å²) in [5.41, 5.74) is 1.00. The van der Waals surface area contributed by atoms with Gasteiger partial charge in [0.05, 0.1) is 19.1 Å². The molecule has 1 aromatic heterocycles. The van der Waals surface area contributed by atoms with E-state index < -0.39 is 5.97 Å². The molecule has 0 aromatic carbocycles. The predicted octanol–water partition coefficient (Wildman–Crippen LogP) is 1.03. The molecule has 19 heavy (non-hydrogen) atoms. The van der Waals surface area contributed by atoms with Crippen LogP contribution >= 0.6 is 0 Å². The van der Waals surface area contributed by atoms with Crippen molar-refractivity contribution in [2.45, 2.75) is 32.8 Å². The molecular weight excluding hydrogens is 246 g/mol. The van der Waals surface area contributed by atoms with Gasteiger partial charge in [0.1, 0.15) is 11.6 Å². The largest absolute Gasteiger partial charge is 0.481 e. The lowest BCUT2D eigenvalue weighted by atomic mass is 10.2. The zero-order valence-corrected chi connectivity index (χ0v) is 11.3.